The Labute approximate surface area is 117 Å². The molecule has 1 N–H and O–H groups in total. The molecule has 0 saturated carbocycles. The van der Waals surface area contributed by atoms with E-state index in [-0.39, 0.29) is 12.5 Å². The van der Waals surface area contributed by atoms with Crippen molar-refractivity contribution in [1.82, 2.24) is 0 Å². The molecule has 0 amide bonds. The molecule has 0 aliphatic heterocycles. The van der Waals surface area contributed by atoms with Gasteiger partial charge in [-0.1, -0.05) is 57.9 Å². The largest absolute Gasteiger partial charge is 0.396 e. The molecule has 0 bridgehead atoms. The Kier molecular flexibility index (Phi) is 4.56. The Morgan fingerprint density at radius 3 is 2.56 bits per heavy atom. The second-order valence-electron chi connectivity index (χ2n) is 4.63. The lowest BCUT2D eigenvalue weighted by Gasteiger charge is -2.15. The predicted octanol–water partition coefficient (Wildman–Crippen LogP) is 4.08. The molecule has 0 spiro atoms. The van der Waals surface area contributed by atoms with E-state index in [1.54, 1.807) is 0 Å². The van der Waals surface area contributed by atoms with Crippen molar-refractivity contribution in [1.29, 1.82) is 0 Å². The molecule has 2 aromatic rings. The summed E-state index contributed by atoms with van der Waals surface area (Å²) in [6.07, 6.45) is 0.870. The average Bonchev–Trinajstić information content (AvgIpc) is 2.36. The summed E-state index contributed by atoms with van der Waals surface area (Å²) in [5, 5.41) is 9.59. The maximum atomic E-state index is 9.59. The van der Waals surface area contributed by atoms with Gasteiger partial charge in [0, 0.05) is 10.4 Å². The second-order valence-corrected chi connectivity index (χ2v) is 5.54. The van der Waals surface area contributed by atoms with Crippen molar-refractivity contribution < 1.29 is 5.11 Å². The Balaban J connectivity index is 2.19. The van der Waals surface area contributed by atoms with Gasteiger partial charge < -0.3 is 5.11 Å². The molecule has 1 atom stereocenters. The number of hydrogen-bond acceptors (Lipinski definition) is 1. The minimum absolute atomic E-state index is 0.157. The topological polar surface area (TPSA) is 20.2 Å². The first-order chi connectivity index (χ1) is 8.69. The number of aryl methyl sites for hydroxylation is 1. The molecule has 0 fully saturated rings. The van der Waals surface area contributed by atoms with E-state index in [0.29, 0.717) is 0 Å². The first-order valence-corrected chi connectivity index (χ1v) is 6.90. The van der Waals surface area contributed by atoms with Gasteiger partial charge in [-0.05, 0) is 36.6 Å². The molecule has 18 heavy (non-hydrogen) atoms. The van der Waals surface area contributed by atoms with Gasteiger partial charge in [0.1, 0.15) is 0 Å². The minimum Gasteiger partial charge on any atom is -0.396 e. The molecule has 0 aliphatic carbocycles. The van der Waals surface area contributed by atoms with Crippen LogP contribution in [0.4, 0.5) is 0 Å². The molecule has 2 heteroatoms. The van der Waals surface area contributed by atoms with Gasteiger partial charge in [-0.2, -0.15) is 0 Å². The zero-order chi connectivity index (χ0) is 13.0. The third-order valence-electron chi connectivity index (χ3n) is 3.11. The van der Waals surface area contributed by atoms with E-state index in [1.165, 1.54) is 16.7 Å². The summed E-state index contributed by atoms with van der Waals surface area (Å²) in [7, 11) is 0. The number of aliphatic hydroxyl groups is 1. The summed E-state index contributed by atoms with van der Waals surface area (Å²) < 4.78 is 1.06. The molecule has 0 radical (unpaired) electrons. The highest BCUT2D eigenvalue weighted by atomic mass is 79.9. The van der Waals surface area contributed by atoms with Crippen molar-refractivity contribution in [2.24, 2.45) is 0 Å². The lowest BCUT2D eigenvalue weighted by atomic mass is 9.92. The molecule has 1 nitrogen and oxygen atoms in total. The first kappa shape index (κ1) is 13.3. The van der Waals surface area contributed by atoms with Crippen LogP contribution < -0.4 is 0 Å². The molecular weight excluding hydrogens is 288 g/mol. The van der Waals surface area contributed by atoms with Crippen LogP contribution in [0.1, 0.15) is 22.6 Å². The Hall–Kier alpha value is -1.12. The first-order valence-electron chi connectivity index (χ1n) is 6.11. The fourth-order valence-electron chi connectivity index (χ4n) is 2.17. The number of hydrogen-bond donors (Lipinski definition) is 1. The molecule has 1 unspecified atom stereocenters. The van der Waals surface area contributed by atoms with Gasteiger partial charge in [0.25, 0.3) is 0 Å². The zero-order valence-electron chi connectivity index (χ0n) is 10.4. The van der Waals surface area contributed by atoms with E-state index in [9.17, 15) is 5.11 Å². The van der Waals surface area contributed by atoms with Crippen LogP contribution in [-0.2, 0) is 6.42 Å². The van der Waals surface area contributed by atoms with Crippen molar-refractivity contribution >= 4 is 15.9 Å². The van der Waals surface area contributed by atoms with Gasteiger partial charge in [0.05, 0.1) is 6.61 Å². The average molecular weight is 305 g/mol. The van der Waals surface area contributed by atoms with Gasteiger partial charge >= 0.3 is 0 Å². The van der Waals surface area contributed by atoms with Crippen molar-refractivity contribution in [3.63, 3.8) is 0 Å². The number of benzene rings is 2. The molecule has 94 valence electrons. The van der Waals surface area contributed by atoms with Crippen LogP contribution in [0.5, 0.6) is 0 Å². The smallest absolute Gasteiger partial charge is 0.0502 e. The molecule has 0 heterocycles. The standard InChI is InChI=1S/C16H17BrO/c1-12-4-2-5-13(8-12)9-15(11-18)14-6-3-7-16(17)10-14/h2-8,10,15,18H,9,11H2,1H3. The highest BCUT2D eigenvalue weighted by Crippen LogP contribution is 2.23. The van der Waals surface area contributed by atoms with Gasteiger partial charge in [-0.25, -0.2) is 0 Å². The van der Waals surface area contributed by atoms with Crippen molar-refractivity contribution in [2.75, 3.05) is 6.61 Å². The summed E-state index contributed by atoms with van der Waals surface area (Å²) in [6.45, 7) is 2.26. The molecule has 2 rings (SSSR count). The van der Waals surface area contributed by atoms with Crippen molar-refractivity contribution in [3.05, 3.63) is 69.7 Å². The van der Waals surface area contributed by atoms with Crippen LogP contribution in [0.25, 0.3) is 0 Å². The summed E-state index contributed by atoms with van der Waals surface area (Å²) in [4.78, 5) is 0. The van der Waals surface area contributed by atoms with Crippen LogP contribution >= 0.6 is 15.9 Å². The van der Waals surface area contributed by atoms with Crippen molar-refractivity contribution in [3.8, 4) is 0 Å². The van der Waals surface area contributed by atoms with Crippen molar-refractivity contribution in [2.45, 2.75) is 19.3 Å². The fraction of sp³-hybridized carbons (Fsp3) is 0.250. The van der Waals surface area contributed by atoms with Crippen LogP contribution in [0.2, 0.25) is 0 Å². The van der Waals surface area contributed by atoms with Crippen LogP contribution in [0.15, 0.2) is 53.0 Å². The molecular formula is C16H17BrO. The molecule has 0 aromatic heterocycles. The summed E-state index contributed by atoms with van der Waals surface area (Å²) in [5.74, 6) is 0.157. The highest BCUT2D eigenvalue weighted by Gasteiger charge is 2.11. The second kappa shape index (κ2) is 6.17. The van der Waals surface area contributed by atoms with E-state index in [1.807, 2.05) is 12.1 Å². The van der Waals surface area contributed by atoms with E-state index < -0.39 is 0 Å². The Morgan fingerprint density at radius 1 is 1.11 bits per heavy atom. The molecule has 0 saturated heterocycles. The maximum absolute atomic E-state index is 9.59. The summed E-state index contributed by atoms with van der Waals surface area (Å²) >= 11 is 3.48. The minimum atomic E-state index is 0.157. The number of aliphatic hydroxyl groups excluding tert-OH is 1. The quantitative estimate of drug-likeness (QED) is 0.902. The lowest BCUT2D eigenvalue weighted by molar-refractivity contribution is 0.264. The zero-order valence-corrected chi connectivity index (χ0v) is 12.0. The van der Waals surface area contributed by atoms with E-state index in [2.05, 4.69) is 59.3 Å². The number of halogens is 1. The molecule has 0 aliphatic rings. The fourth-order valence-corrected chi connectivity index (χ4v) is 2.59. The lowest BCUT2D eigenvalue weighted by Crippen LogP contribution is -2.07. The van der Waals surface area contributed by atoms with E-state index >= 15 is 0 Å². The van der Waals surface area contributed by atoms with Crippen LogP contribution in [0.3, 0.4) is 0 Å². The SMILES string of the molecule is Cc1cccc(CC(CO)c2cccc(Br)c2)c1. The summed E-state index contributed by atoms with van der Waals surface area (Å²) in [5.41, 5.74) is 3.71. The van der Waals surface area contributed by atoms with Gasteiger partial charge in [-0.3, -0.25) is 0 Å². The highest BCUT2D eigenvalue weighted by molar-refractivity contribution is 9.10. The third kappa shape index (κ3) is 3.44. The van der Waals surface area contributed by atoms with E-state index in [0.717, 1.165) is 10.9 Å². The molecule has 2 aromatic carbocycles. The van der Waals surface area contributed by atoms with Gasteiger partial charge in [0.2, 0.25) is 0 Å². The number of rotatable bonds is 4. The maximum Gasteiger partial charge on any atom is 0.0502 e. The van der Waals surface area contributed by atoms with Crippen LogP contribution in [-0.4, -0.2) is 11.7 Å². The monoisotopic (exact) mass is 304 g/mol. The van der Waals surface area contributed by atoms with E-state index in [4.69, 9.17) is 0 Å². The normalized spacial score (nSPS) is 12.4. The predicted molar refractivity (Wildman–Crippen MR) is 78.9 cm³/mol. The third-order valence-corrected chi connectivity index (χ3v) is 3.60. The van der Waals surface area contributed by atoms with Crippen LogP contribution in [0, 0.1) is 6.92 Å². The Bertz CT molecular complexity index is 522. The Morgan fingerprint density at radius 2 is 1.89 bits per heavy atom. The van der Waals surface area contributed by atoms with Gasteiger partial charge in [0.15, 0.2) is 0 Å². The van der Waals surface area contributed by atoms with Gasteiger partial charge in [-0.15, -0.1) is 0 Å². The summed E-state index contributed by atoms with van der Waals surface area (Å²) in [6, 6.07) is 16.6.